The zero-order valence-corrected chi connectivity index (χ0v) is 12.5. The molecule has 0 aliphatic rings. The van der Waals surface area contributed by atoms with Crippen LogP contribution in [0.2, 0.25) is 0 Å². The monoisotopic (exact) mass is 268 g/mol. The first-order valence-corrected chi connectivity index (χ1v) is 7.35. The molecule has 2 nitrogen and oxygen atoms in total. The lowest BCUT2D eigenvalue weighted by Gasteiger charge is -2.21. The summed E-state index contributed by atoms with van der Waals surface area (Å²) in [5.74, 6) is 0. The molecule has 0 saturated carbocycles. The Hall–Kier alpha value is -1.80. The molecule has 1 N–H and O–H groups in total. The predicted molar refractivity (Wildman–Crippen MR) is 87.1 cm³/mol. The molecule has 0 bridgehead atoms. The molecule has 0 unspecified atom stereocenters. The van der Waals surface area contributed by atoms with E-state index in [0.29, 0.717) is 0 Å². The molecule has 0 saturated heterocycles. The average Bonchev–Trinajstić information content (AvgIpc) is 2.49. The first-order chi connectivity index (χ1) is 9.79. The summed E-state index contributed by atoms with van der Waals surface area (Å²) in [5.41, 5.74) is 3.92. The van der Waals surface area contributed by atoms with Gasteiger partial charge in [-0.15, -0.1) is 0 Å². The van der Waals surface area contributed by atoms with Gasteiger partial charge in [0, 0.05) is 25.3 Å². The van der Waals surface area contributed by atoms with Gasteiger partial charge in [-0.25, -0.2) is 0 Å². The number of nitrogens with zero attached hydrogens (tertiary/aromatic N) is 1. The SMILES string of the molecule is CCN(CCNc1ccccc1C)Cc1ccccc1. The topological polar surface area (TPSA) is 15.3 Å². The van der Waals surface area contributed by atoms with Crippen molar-refractivity contribution in [2.45, 2.75) is 20.4 Å². The second kappa shape index (κ2) is 7.71. The second-order valence-electron chi connectivity index (χ2n) is 5.10. The van der Waals surface area contributed by atoms with Crippen molar-refractivity contribution >= 4 is 5.69 Å². The van der Waals surface area contributed by atoms with E-state index >= 15 is 0 Å². The molecule has 20 heavy (non-hydrogen) atoms. The van der Waals surface area contributed by atoms with Crippen molar-refractivity contribution in [2.75, 3.05) is 25.0 Å². The van der Waals surface area contributed by atoms with Crippen molar-refractivity contribution in [1.29, 1.82) is 0 Å². The normalized spacial score (nSPS) is 10.8. The number of anilines is 1. The van der Waals surface area contributed by atoms with Crippen molar-refractivity contribution in [3.63, 3.8) is 0 Å². The largest absolute Gasteiger partial charge is 0.384 e. The van der Waals surface area contributed by atoms with Crippen LogP contribution in [0.4, 0.5) is 5.69 Å². The third-order valence-electron chi connectivity index (χ3n) is 3.58. The number of nitrogens with one attached hydrogen (secondary N) is 1. The molecule has 2 aromatic rings. The van der Waals surface area contributed by atoms with E-state index in [2.05, 4.69) is 78.7 Å². The number of likely N-dealkylation sites (N-methyl/N-ethyl adjacent to an activating group) is 1. The summed E-state index contributed by atoms with van der Waals surface area (Å²) in [6.07, 6.45) is 0. The second-order valence-corrected chi connectivity index (χ2v) is 5.10. The summed E-state index contributed by atoms with van der Waals surface area (Å²) in [5, 5.41) is 3.52. The van der Waals surface area contributed by atoms with Gasteiger partial charge in [-0.3, -0.25) is 4.90 Å². The van der Waals surface area contributed by atoms with Crippen LogP contribution in [0.3, 0.4) is 0 Å². The number of hydrogen-bond acceptors (Lipinski definition) is 2. The summed E-state index contributed by atoms with van der Waals surface area (Å²) in [7, 11) is 0. The Morgan fingerprint density at radius 2 is 1.65 bits per heavy atom. The van der Waals surface area contributed by atoms with Gasteiger partial charge in [0.05, 0.1) is 0 Å². The van der Waals surface area contributed by atoms with Crippen LogP contribution in [0.25, 0.3) is 0 Å². The average molecular weight is 268 g/mol. The number of para-hydroxylation sites is 1. The van der Waals surface area contributed by atoms with E-state index < -0.39 is 0 Å². The maximum Gasteiger partial charge on any atom is 0.0370 e. The van der Waals surface area contributed by atoms with E-state index in [1.54, 1.807) is 0 Å². The molecule has 2 aromatic carbocycles. The zero-order chi connectivity index (χ0) is 14.2. The van der Waals surface area contributed by atoms with E-state index in [1.165, 1.54) is 16.8 Å². The smallest absolute Gasteiger partial charge is 0.0370 e. The standard InChI is InChI=1S/C18H24N2/c1-3-20(15-17-10-5-4-6-11-17)14-13-19-18-12-8-7-9-16(18)2/h4-12,19H,3,13-15H2,1-2H3. The number of benzene rings is 2. The summed E-state index contributed by atoms with van der Waals surface area (Å²) < 4.78 is 0. The van der Waals surface area contributed by atoms with Crippen molar-refractivity contribution < 1.29 is 0 Å². The van der Waals surface area contributed by atoms with Crippen LogP contribution < -0.4 is 5.32 Å². The van der Waals surface area contributed by atoms with Crippen LogP contribution in [-0.4, -0.2) is 24.5 Å². The molecule has 0 radical (unpaired) electrons. The molecule has 0 aromatic heterocycles. The molecule has 2 rings (SSSR count). The minimum atomic E-state index is 0.978. The van der Waals surface area contributed by atoms with Crippen LogP contribution in [0.15, 0.2) is 54.6 Å². The van der Waals surface area contributed by atoms with Gasteiger partial charge in [-0.2, -0.15) is 0 Å². The molecule has 2 heteroatoms. The Kier molecular flexibility index (Phi) is 5.63. The molecule has 0 amide bonds. The lowest BCUT2D eigenvalue weighted by Crippen LogP contribution is -2.28. The highest BCUT2D eigenvalue weighted by Crippen LogP contribution is 2.12. The Balaban J connectivity index is 1.81. The zero-order valence-electron chi connectivity index (χ0n) is 12.5. The Labute approximate surface area is 122 Å². The summed E-state index contributed by atoms with van der Waals surface area (Å²) in [6, 6.07) is 19.1. The van der Waals surface area contributed by atoms with E-state index in [-0.39, 0.29) is 0 Å². The molecule has 106 valence electrons. The van der Waals surface area contributed by atoms with E-state index in [4.69, 9.17) is 0 Å². The molecular formula is C18H24N2. The Morgan fingerprint density at radius 3 is 2.35 bits per heavy atom. The molecule has 0 aliphatic carbocycles. The van der Waals surface area contributed by atoms with Crippen molar-refractivity contribution in [3.8, 4) is 0 Å². The van der Waals surface area contributed by atoms with Gasteiger partial charge in [0.2, 0.25) is 0 Å². The lowest BCUT2D eigenvalue weighted by molar-refractivity contribution is 0.291. The minimum Gasteiger partial charge on any atom is -0.384 e. The maximum atomic E-state index is 3.52. The highest BCUT2D eigenvalue weighted by atomic mass is 15.1. The molecule has 0 fully saturated rings. The fraction of sp³-hybridized carbons (Fsp3) is 0.333. The molecule has 0 spiro atoms. The summed E-state index contributed by atoms with van der Waals surface area (Å²) in [6.45, 7) is 8.49. The first kappa shape index (κ1) is 14.6. The molecule has 0 aliphatic heterocycles. The van der Waals surface area contributed by atoms with E-state index in [0.717, 1.165) is 26.2 Å². The van der Waals surface area contributed by atoms with E-state index in [9.17, 15) is 0 Å². The van der Waals surface area contributed by atoms with Crippen LogP contribution >= 0.6 is 0 Å². The summed E-state index contributed by atoms with van der Waals surface area (Å²) in [4.78, 5) is 2.46. The van der Waals surface area contributed by atoms with Gasteiger partial charge in [-0.1, -0.05) is 55.5 Å². The molecule has 0 atom stereocenters. The van der Waals surface area contributed by atoms with Gasteiger partial charge in [0.25, 0.3) is 0 Å². The number of rotatable bonds is 7. The highest BCUT2D eigenvalue weighted by Gasteiger charge is 2.03. The molecule has 0 heterocycles. The van der Waals surface area contributed by atoms with Crippen molar-refractivity contribution in [3.05, 3.63) is 65.7 Å². The third kappa shape index (κ3) is 4.39. The van der Waals surface area contributed by atoms with Crippen LogP contribution in [0.5, 0.6) is 0 Å². The number of hydrogen-bond donors (Lipinski definition) is 1. The predicted octanol–water partition coefficient (Wildman–Crippen LogP) is 3.93. The van der Waals surface area contributed by atoms with Crippen molar-refractivity contribution in [2.24, 2.45) is 0 Å². The van der Waals surface area contributed by atoms with Crippen molar-refractivity contribution in [1.82, 2.24) is 4.90 Å². The highest BCUT2D eigenvalue weighted by molar-refractivity contribution is 5.50. The quantitative estimate of drug-likeness (QED) is 0.818. The lowest BCUT2D eigenvalue weighted by atomic mass is 10.2. The fourth-order valence-corrected chi connectivity index (χ4v) is 2.31. The van der Waals surface area contributed by atoms with E-state index in [1.807, 2.05) is 0 Å². The van der Waals surface area contributed by atoms with Gasteiger partial charge < -0.3 is 5.32 Å². The van der Waals surface area contributed by atoms with Crippen LogP contribution in [-0.2, 0) is 6.54 Å². The van der Waals surface area contributed by atoms with Crippen LogP contribution in [0.1, 0.15) is 18.1 Å². The van der Waals surface area contributed by atoms with Gasteiger partial charge in [0.1, 0.15) is 0 Å². The first-order valence-electron chi connectivity index (χ1n) is 7.35. The number of aryl methyl sites for hydroxylation is 1. The Bertz CT molecular complexity index is 508. The summed E-state index contributed by atoms with van der Waals surface area (Å²) >= 11 is 0. The Morgan fingerprint density at radius 1 is 0.950 bits per heavy atom. The van der Waals surface area contributed by atoms with Gasteiger partial charge in [-0.05, 0) is 30.7 Å². The third-order valence-corrected chi connectivity index (χ3v) is 3.58. The maximum absolute atomic E-state index is 3.52. The van der Waals surface area contributed by atoms with Gasteiger partial charge in [0.15, 0.2) is 0 Å². The van der Waals surface area contributed by atoms with Crippen LogP contribution in [0, 0.1) is 6.92 Å². The minimum absolute atomic E-state index is 0.978. The fourth-order valence-electron chi connectivity index (χ4n) is 2.31. The molecular weight excluding hydrogens is 244 g/mol. The van der Waals surface area contributed by atoms with Gasteiger partial charge >= 0.3 is 0 Å².